The highest BCUT2D eigenvalue weighted by molar-refractivity contribution is 7.57. The van der Waals surface area contributed by atoms with Gasteiger partial charge in [0.05, 0.1) is 0 Å². The lowest BCUT2D eigenvalue weighted by molar-refractivity contribution is 0.483. The van der Waals surface area contributed by atoms with Crippen molar-refractivity contribution in [1.29, 1.82) is 0 Å². The van der Waals surface area contributed by atoms with E-state index in [0.29, 0.717) is 24.2 Å². The van der Waals surface area contributed by atoms with Crippen LogP contribution in [0.5, 0.6) is 0 Å². The van der Waals surface area contributed by atoms with Gasteiger partial charge in [0.1, 0.15) is 0 Å². The molecule has 0 saturated carbocycles. The summed E-state index contributed by atoms with van der Waals surface area (Å²) in [5.41, 5.74) is 0.975. The average Bonchev–Trinajstić information content (AvgIpc) is 2.14. The van der Waals surface area contributed by atoms with E-state index in [1.165, 1.54) is 6.66 Å². The van der Waals surface area contributed by atoms with E-state index < -0.39 is 7.37 Å². The van der Waals surface area contributed by atoms with Crippen LogP contribution in [0.25, 0.3) is 0 Å². The first-order valence-corrected chi connectivity index (χ1v) is 7.43. The van der Waals surface area contributed by atoms with Crippen molar-refractivity contribution in [3.8, 4) is 0 Å². The third-order valence-electron chi connectivity index (χ3n) is 1.92. The van der Waals surface area contributed by atoms with E-state index in [4.69, 9.17) is 16.5 Å². The van der Waals surface area contributed by atoms with Gasteiger partial charge in [-0.15, -0.1) is 0 Å². The molecule has 1 rings (SSSR count). The van der Waals surface area contributed by atoms with Crippen LogP contribution < -0.4 is 5.32 Å². The van der Waals surface area contributed by atoms with E-state index in [9.17, 15) is 4.57 Å². The summed E-state index contributed by atoms with van der Waals surface area (Å²) in [6.07, 6.45) is 1.04. The Morgan fingerprint density at radius 3 is 2.53 bits per heavy atom. The second kappa shape index (κ2) is 5.55. The average molecular weight is 248 g/mol. The van der Waals surface area contributed by atoms with Crippen molar-refractivity contribution in [1.82, 2.24) is 0 Å². The molecule has 0 bridgehead atoms. The molecule has 0 heterocycles. The zero-order valence-electron chi connectivity index (χ0n) is 8.61. The second-order valence-electron chi connectivity index (χ2n) is 3.56. The van der Waals surface area contributed by atoms with Gasteiger partial charge in [-0.3, -0.25) is 4.57 Å². The van der Waals surface area contributed by atoms with Crippen molar-refractivity contribution in [2.45, 2.75) is 6.42 Å². The van der Waals surface area contributed by atoms with E-state index >= 15 is 0 Å². The maximum atomic E-state index is 11.0. The molecule has 2 N–H and O–H groups in total. The standard InChI is InChI=1S/C10H15ClNO2P/c1-15(13,14)8-2-7-12-10-5-3-9(11)4-6-10/h3-6,12H,2,7-8H2,1H3,(H,13,14). The maximum Gasteiger partial charge on any atom is 0.197 e. The number of benzene rings is 1. The van der Waals surface area contributed by atoms with Gasteiger partial charge < -0.3 is 10.2 Å². The summed E-state index contributed by atoms with van der Waals surface area (Å²) in [4.78, 5) is 9.06. The Kier molecular flexibility index (Phi) is 4.65. The van der Waals surface area contributed by atoms with Gasteiger partial charge >= 0.3 is 0 Å². The fourth-order valence-electron chi connectivity index (χ4n) is 1.17. The Bertz CT molecular complexity index is 347. The Morgan fingerprint density at radius 2 is 2.00 bits per heavy atom. The maximum absolute atomic E-state index is 11.0. The minimum atomic E-state index is -2.86. The highest BCUT2D eigenvalue weighted by atomic mass is 35.5. The van der Waals surface area contributed by atoms with Crippen LogP contribution in [-0.4, -0.2) is 24.3 Å². The number of anilines is 1. The van der Waals surface area contributed by atoms with E-state index in [0.717, 1.165) is 5.69 Å². The largest absolute Gasteiger partial charge is 0.385 e. The lowest BCUT2D eigenvalue weighted by Crippen LogP contribution is -2.03. The quantitative estimate of drug-likeness (QED) is 0.621. The fourth-order valence-corrected chi connectivity index (χ4v) is 2.04. The van der Waals surface area contributed by atoms with Gasteiger partial charge in [0.15, 0.2) is 7.37 Å². The summed E-state index contributed by atoms with van der Waals surface area (Å²) in [7, 11) is -2.86. The van der Waals surface area contributed by atoms with E-state index in [1.807, 2.05) is 12.1 Å². The third-order valence-corrected chi connectivity index (χ3v) is 3.32. The van der Waals surface area contributed by atoms with E-state index in [2.05, 4.69) is 5.32 Å². The molecular weight excluding hydrogens is 233 g/mol. The molecule has 0 spiro atoms. The summed E-state index contributed by atoms with van der Waals surface area (Å²) < 4.78 is 11.0. The summed E-state index contributed by atoms with van der Waals surface area (Å²) in [5, 5.41) is 3.86. The van der Waals surface area contributed by atoms with Gasteiger partial charge in [0, 0.05) is 30.1 Å². The smallest absolute Gasteiger partial charge is 0.197 e. The van der Waals surface area contributed by atoms with Crippen LogP contribution in [0.4, 0.5) is 5.69 Å². The van der Waals surface area contributed by atoms with E-state index in [-0.39, 0.29) is 0 Å². The van der Waals surface area contributed by atoms with Crippen molar-refractivity contribution in [3.63, 3.8) is 0 Å². The Hall–Kier alpha value is -0.500. The molecular formula is C10H15ClNO2P. The molecule has 0 aliphatic rings. The molecule has 84 valence electrons. The molecule has 0 aromatic heterocycles. The molecule has 0 aliphatic carbocycles. The molecule has 1 atom stereocenters. The van der Waals surface area contributed by atoms with Crippen molar-refractivity contribution in [3.05, 3.63) is 29.3 Å². The molecule has 0 aliphatic heterocycles. The molecule has 0 amide bonds. The lowest BCUT2D eigenvalue weighted by atomic mass is 10.3. The molecule has 1 aromatic carbocycles. The van der Waals surface area contributed by atoms with Crippen LogP contribution in [0.2, 0.25) is 5.02 Å². The van der Waals surface area contributed by atoms with Gasteiger partial charge in [-0.05, 0) is 30.7 Å². The SMILES string of the molecule is CP(=O)(O)CCCNc1ccc(Cl)cc1. The van der Waals surface area contributed by atoms with Crippen LogP contribution in [0, 0.1) is 0 Å². The molecule has 3 nitrogen and oxygen atoms in total. The summed E-state index contributed by atoms with van der Waals surface area (Å²) >= 11 is 5.74. The normalized spacial score (nSPS) is 14.6. The zero-order valence-corrected chi connectivity index (χ0v) is 10.3. The Morgan fingerprint density at radius 1 is 1.40 bits per heavy atom. The van der Waals surface area contributed by atoms with Crippen LogP contribution in [0.3, 0.4) is 0 Å². The van der Waals surface area contributed by atoms with Gasteiger partial charge in [-0.25, -0.2) is 0 Å². The first kappa shape index (κ1) is 12.6. The predicted octanol–water partition coefficient (Wildman–Crippen LogP) is 3.04. The van der Waals surface area contributed by atoms with Crippen molar-refractivity contribution in [2.24, 2.45) is 0 Å². The van der Waals surface area contributed by atoms with Crippen LogP contribution in [0.15, 0.2) is 24.3 Å². The molecule has 0 radical (unpaired) electrons. The van der Waals surface area contributed by atoms with Crippen LogP contribution >= 0.6 is 19.0 Å². The minimum Gasteiger partial charge on any atom is -0.385 e. The first-order chi connectivity index (χ1) is 6.97. The Labute approximate surface area is 94.9 Å². The highest BCUT2D eigenvalue weighted by Gasteiger charge is 2.07. The van der Waals surface area contributed by atoms with Gasteiger partial charge in [0.25, 0.3) is 0 Å². The number of halogens is 1. The lowest BCUT2D eigenvalue weighted by Gasteiger charge is -2.07. The summed E-state index contributed by atoms with van der Waals surface area (Å²) in [5.74, 6) is 0. The second-order valence-corrected chi connectivity index (χ2v) is 6.55. The van der Waals surface area contributed by atoms with Gasteiger partial charge in [0.2, 0.25) is 0 Å². The topological polar surface area (TPSA) is 49.3 Å². The highest BCUT2D eigenvalue weighted by Crippen LogP contribution is 2.35. The molecule has 0 saturated heterocycles. The van der Waals surface area contributed by atoms with Crippen molar-refractivity contribution >= 4 is 24.7 Å². The summed E-state index contributed by atoms with van der Waals surface area (Å²) in [6.45, 7) is 2.08. The summed E-state index contributed by atoms with van der Waals surface area (Å²) in [6, 6.07) is 7.38. The molecule has 15 heavy (non-hydrogen) atoms. The minimum absolute atomic E-state index is 0.355. The number of hydrogen-bond acceptors (Lipinski definition) is 2. The number of nitrogens with one attached hydrogen (secondary N) is 1. The van der Waals surface area contributed by atoms with Crippen LogP contribution in [-0.2, 0) is 4.57 Å². The fraction of sp³-hybridized carbons (Fsp3) is 0.400. The van der Waals surface area contributed by atoms with Crippen LogP contribution in [0.1, 0.15) is 6.42 Å². The number of rotatable bonds is 5. The molecule has 1 aromatic rings. The van der Waals surface area contributed by atoms with E-state index in [1.54, 1.807) is 12.1 Å². The number of hydrogen-bond donors (Lipinski definition) is 2. The third kappa shape index (κ3) is 5.83. The van der Waals surface area contributed by atoms with Crippen molar-refractivity contribution < 1.29 is 9.46 Å². The molecule has 0 fully saturated rings. The van der Waals surface area contributed by atoms with Gasteiger partial charge in [-0.2, -0.15) is 0 Å². The zero-order chi connectivity index (χ0) is 11.3. The molecule has 1 unspecified atom stereocenters. The van der Waals surface area contributed by atoms with Gasteiger partial charge in [-0.1, -0.05) is 11.6 Å². The monoisotopic (exact) mass is 247 g/mol. The van der Waals surface area contributed by atoms with Crippen molar-refractivity contribution in [2.75, 3.05) is 24.7 Å². The predicted molar refractivity (Wildman–Crippen MR) is 65.2 cm³/mol. The first-order valence-electron chi connectivity index (χ1n) is 4.76. The molecule has 5 heteroatoms. The Balaban J connectivity index is 2.26.